The van der Waals surface area contributed by atoms with Crippen LogP contribution in [0.4, 0.5) is 0 Å². The van der Waals surface area contributed by atoms with Gasteiger partial charge in [0.25, 0.3) is 0 Å². The molecule has 0 N–H and O–H groups in total. The molecule has 0 aliphatic heterocycles. The molecular weight excluding hydrogens is 411 g/mol. The fourth-order valence-corrected chi connectivity index (χ4v) is 2.77. The Balaban J connectivity index is 0.000000403. The first-order valence-corrected chi connectivity index (χ1v) is 10.1. The van der Waals surface area contributed by atoms with Crippen molar-refractivity contribution in [1.82, 2.24) is 0 Å². The topological polar surface area (TPSA) is 18.5 Å². The summed E-state index contributed by atoms with van der Waals surface area (Å²) in [4.78, 5) is 0. The van der Waals surface area contributed by atoms with Crippen molar-refractivity contribution in [3.63, 3.8) is 0 Å². The molecule has 0 fully saturated rings. The van der Waals surface area contributed by atoms with Crippen LogP contribution in [-0.4, -0.2) is 14.2 Å². The van der Waals surface area contributed by atoms with E-state index in [9.17, 15) is 0 Å². The van der Waals surface area contributed by atoms with Crippen molar-refractivity contribution in [2.75, 3.05) is 14.2 Å². The molecule has 2 aromatic rings. The van der Waals surface area contributed by atoms with Crippen LogP contribution in [0.3, 0.4) is 0 Å². The van der Waals surface area contributed by atoms with Gasteiger partial charge in [-0.25, -0.2) is 0 Å². The van der Waals surface area contributed by atoms with Gasteiger partial charge in [0.15, 0.2) is 0 Å². The molecule has 0 unspecified atom stereocenters. The zero-order valence-electron chi connectivity index (χ0n) is 12.6. The number of hydrogen-bond acceptors (Lipinski definition) is 6. The number of ether oxygens (including phenoxy) is 2. The van der Waals surface area contributed by atoms with Gasteiger partial charge in [0, 0.05) is 0 Å². The number of methoxy groups -OCH3 is 2. The van der Waals surface area contributed by atoms with Gasteiger partial charge in [-0.05, 0) is 0 Å². The summed E-state index contributed by atoms with van der Waals surface area (Å²) >= 11 is 8.02. The van der Waals surface area contributed by atoms with Gasteiger partial charge >= 0.3 is 16.5 Å². The van der Waals surface area contributed by atoms with Gasteiger partial charge in [-0.1, -0.05) is 24.3 Å². The minimum atomic E-state index is 0. The van der Waals surface area contributed by atoms with Crippen molar-refractivity contribution in [2.45, 2.75) is 0 Å². The van der Waals surface area contributed by atoms with Crippen molar-refractivity contribution in [1.29, 1.82) is 0 Å². The molecule has 2 rings (SSSR count). The third-order valence-electron chi connectivity index (χ3n) is 2.61. The van der Waals surface area contributed by atoms with Crippen LogP contribution in [0.2, 0.25) is 0 Å². The first-order chi connectivity index (χ1) is 10.7. The average molecular weight is 429 g/mol. The zero-order valence-corrected chi connectivity index (χ0v) is 17.0. The van der Waals surface area contributed by atoms with Crippen LogP contribution < -0.4 is 9.47 Å². The van der Waals surface area contributed by atoms with Crippen molar-refractivity contribution in [3.05, 3.63) is 71.2 Å². The summed E-state index contributed by atoms with van der Waals surface area (Å²) in [6.45, 7) is 0. The molecule has 0 heterocycles. The molecule has 23 heavy (non-hydrogen) atoms. The third-order valence-corrected chi connectivity index (χ3v) is 4.00. The summed E-state index contributed by atoms with van der Waals surface area (Å²) in [5, 5.41) is 0. The Hall–Kier alpha value is -0.326. The van der Waals surface area contributed by atoms with Gasteiger partial charge in [-0.15, -0.1) is 56.4 Å². The molecule has 0 saturated carbocycles. The standard InChI is InChI=1S/2C8H9OS2.Ni/c2*1-9-8-4-2-7(3-5-8)6-11-10;/h2*2-6,10H,1H3;/q2*-1;+2. The van der Waals surface area contributed by atoms with Gasteiger partial charge in [0.05, 0.1) is 25.7 Å². The molecule has 7 heteroatoms. The van der Waals surface area contributed by atoms with E-state index < -0.39 is 0 Å². The summed E-state index contributed by atoms with van der Waals surface area (Å²) in [5.41, 5.74) is 2.29. The van der Waals surface area contributed by atoms with Gasteiger partial charge in [-0.3, -0.25) is 0 Å². The van der Waals surface area contributed by atoms with E-state index in [1.807, 2.05) is 60.0 Å². The van der Waals surface area contributed by atoms with Crippen LogP contribution in [0.5, 0.6) is 11.5 Å². The number of benzene rings is 2. The number of thiol groups is 2. The smallest absolute Gasteiger partial charge is 0.499 e. The Morgan fingerprint density at radius 3 is 1.22 bits per heavy atom. The Bertz CT molecular complexity index is 471. The number of hydrogen-bond donors (Lipinski definition) is 2. The maximum Gasteiger partial charge on any atom is 2.00 e. The fraction of sp³-hybridized carbons (Fsp3) is 0.125. The SMILES string of the molecule is COc1ccc([CH-]SS)cc1.COc1ccc([CH-]SS)cc1.[Ni+2]. The van der Waals surface area contributed by atoms with Crippen LogP contribution in [0, 0.1) is 11.5 Å². The molecule has 0 spiro atoms. The molecule has 0 atom stereocenters. The first kappa shape index (κ1) is 22.7. The molecule has 0 aliphatic carbocycles. The molecule has 128 valence electrons. The van der Waals surface area contributed by atoms with E-state index in [4.69, 9.17) is 9.47 Å². The van der Waals surface area contributed by atoms with Gasteiger partial charge < -0.3 is 9.47 Å². The predicted molar refractivity (Wildman–Crippen MR) is 106 cm³/mol. The first-order valence-electron chi connectivity index (χ1n) is 6.28. The second-order valence-electron chi connectivity index (χ2n) is 3.99. The van der Waals surface area contributed by atoms with Crippen LogP contribution in [0.1, 0.15) is 11.1 Å². The largest absolute Gasteiger partial charge is 2.00 e. The molecule has 2 nitrogen and oxygen atoms in total. The summed E-state index contributed by atoms with van der Waals surface area (Å²) < 4.78 is 10.0. The van der Waals surface area contributed by atoms with Gasteiger partial charge in [0.1, 0.15) is 0 Å². The zero-order chi connectivity index (χ0) is 16.2. The Labute approximate surface area is 167 Å². The maximum absolute atomic E-state index is 5.01. The van der Waals surface area contributed by atoms with E-state index in [1.54, 1.807) is 14.2 Å². The van der Waals surface area contributed by atoms with Crippen LogP contribution in [-0.2, 0) is 16.5 Å². The summed E-state index contributed by atoms with van der Waals surface area (Å²) in [5.74, 6) is 5.68. The van der Waals surface area contributed by atoms with E-state index >= 15 is 0 Å². The number of rotatable bonds is 6. The molecule has 0 bridgehead atoms. The van der Waals surface area contributed by atoms with Crippen molar-refractivity contribution in [2.24, 2.45) is 0 Å². The second-order valence-corrected chi connectivity index (χ2v) is 6.15. The molecule has 0 amide bonds. The summed E-state index contributed by atoms with van der Waals surface area (Å²) in [7, 11) is 6.11. The molecule has 0 saturated heterocycles. The quantitative estimate of drug-likeness (QED) is 0.271. The van der Waals surface area contributed by atoms with Gasteiger partial charge in [0.2, 0.25) is 0 Å². The molecular formula is C16H18NiO2S4. The molecule has 0 radical (unpaired) electrons. The maximum atomic E-state index is 5.01. The van der Waals surface area contributed by atoms with Crippen molar-refractivity contribution >= 4 is 44.9 Å². The average Bonchev–Trinajstić information content (AvgIpc) is 2.57. The van der Waals surface area contributed by atoms with Crippen LogP contribution in [0.15, 0.2) is 48.5 Å². The van der Waals surface area contributed by atoms with E-state index in [-0.39, 0.29) is 16.5 Å². The van der Waals surface area contributed by atoms with E-state index in [1.165, 1.54) is 21.6 Å². The van der Waals surface area contributed by atoms with Crippen molar-refractivity contribution < 1.29 is 26.0 Å². The second kappa shape index (κ2) is 14.1. The Morgan fingerprint density at radius 2 is 1.00 bits per heavy atom. The monoisotopic (exact) mass is 428 g/mol. The van der Waals surface area contributed by atoms with Crippen LogP contribution in [0.25, 0.3) is 0 Å². The van der Waals surface area contributed by atoms with Gasteiger partial charge in [-0.2, -0.15) is 35.4 Å². The summed E-state index contributed by atoms with van der Waals surface area (Å²) in [6, 6.07) is 15.7. The normalized spacial score (nSPS) is 8.87. The Morgan fingerprint density at radius 1 is 0.696 bits per heavy atom. The van der Waals surface area contributed by atoms with Crippen LogP contribution >= 0.6 is 44.9 Å². The Kier molecular flexibility index (Phi) is 13.9. The fourth-order valence-electron chi connectivity index (χ4n) is 1.49. The third kappa shape index (κ3) is 9.53. The summed E-state index contributed by atoms with van der Waals surface area (Å²) in [6.07, 6.45) is 0. The molecule has 0 aliphatic rings. The molecule has 0 aromatic heterocycles. The minimum Gasteiger partial charge on any atom is -0.499 e. The minimum absolute atomic E-state index is 0. The van der Waals surface area contributed by atoms with Crippen molar-refractivity contribution in [3.8, 4) is 11.5 Å². The molecule has 2 aromatic carbocycles. The van der Waals surface area contributed by atoms with E-state index in [0.717, 1.165) is 22.6 Å². The van der Waals surface area contributed by atoms with E-state index in [0.29, 0.717) is 0 Å². The van der Waals surface area contributed by atoms with E-state index in [2.05, 4.69) is 23.3 Å². The predicted octanol–water partition coefficient (Wildman–Crippen LogP) is 5.56.